The quantitative estimate of drug-likeness (QED) is 0.683. The average Bonchev–Trinajstić information content (AvgIpc) is 2.15. The molecule has 1 rings (SSSR count). The Labute approximate surface area is 100 Å². The number of halogens is 2. The molecule has 1 aromatic rings. The summed E-state index contributed by atoms with van der Waals surface area (Å²) in [5, 5.41) is 8.84. The lowest BCUT2D eigenvalue weighted by molar-refractivity contribution is -0.139. The lowest BCUT2D eigenvalue weighted by Gasteiger charge is -2.06. The van der Waals surface area contributed by atoms with Crippen LogP contribution >= 0.6 is 34.2 Å². The van der Waals surface area contributed by atoms with Gasteiger partial charge in [-0.05, 0) is 17.7 Å². The number of ether oxygens (including phenoxy) is 1. The van der Waals surface area contributed by atoms with E-state index in [9.17, 15) is 4.79 Å². The van der Waals surface area contributed by atoms with Crippen molar-refractivity contribution in [3.05, 3.63) is 28.8 Å². The van der Waals surface area contributed by atoms with Gasteiger partial charge in [0.05, 0.1) is 5.02 Å². The smallest absolute Gasteiger partial charge is 0.341 e. The monoisotopic (exact) mass is 326 g/mol. The second-order valence-corrected chi connectivity index (χ2v) is 3.75. The zero-order valence-electron chi connectivity index (χ0n) is 7.17. The van der Waals surface area contributed by atoms with Crippen LogP contribution in [0.25, 0.3) is 0 Å². The van der Waals surface area contributed by atoms with Gasteiger partial charge in [0.15, 0.2) is 6.61 Å². The normalized spacial score (nSPS) is 9.86. The van der Waals surface area contributed by atoms with Crippen molar-refractivity contribution in [3.8, 4) is 5.75 Å². The summed E-state index contributed by atoms with van der Waals surface area (Å²) in [6.07, 6.45) is 0. The fourth-order valence-corrected chi connectivity index (χ4v) is 1.62. The molecule has 0 aromatic heterocycles. The minimum Gasteiger partial charge on any atom is -0.480 e. The Hall–Kier alpha value is -0.490. The van der Waals surface area contributed by atoms with Gasteiger partial charge in [-0.2, -0.15) is 0 Å². The van der Waals surface area contributed by atoms with Gasteiger partial charge >= 0.3 is 5.97 Å². The third kappa shape index (κ3) is 3.34. The minimum atomic E-state index is -1.01. The highest BCUT2D eigenvalue weighted by molar-refractivity contribution is 14.1. The van der Waals surface area contributed by atoms with Crippen molar-refractivity contribution in [2.75, 3.05) is 6.61 Å². The summed E-state index contributed by atoms with van der Waals surface area (Å²) in [7, 11) is 0. The first-order chi connectivity index (χ1) is 6.63. The predicted octanol–water partition coefficient (Wildman–Crippen LogP) is 2.74. The van der Waals surface area contributed by atoms with Crippen molar-refractivity contribution in [1.29, 1.82) is 0 Å². The number of carbonyl (C=O) groups is 1. The molecule has 76 valence electrons. The number of rotatable bonds is 4. The molecule has 0 aliphatic rings. The molecule has 0 heterocycles. The largest absolute Gasteiger partial charge is 0.480 e. The van der Waals surface area contributed by atoms with Gasteiger partial charge in [0.25, 0.3) is 0 Å². The third-order valence-electron chi connectivity index (χ3n) is 1.50. The number of benzene rings is 1. The second-order valence-electron chi connectivity index (χ2n) is 2.58. The maximum absolute atomic E-state index is 10.2. The molecular formula is C9H8ClIO3. The highest BCUT2D eigenvalue weighted by Crippen LogP contribution is 2.26. The summed E-state index contributed by atoms with van der Waals surface area (Å²) < 4.78 is 5.82. The van der Waals surface area contributed by atoms with Crippen LogP contribution in [0.2, 0.25) is 5.02 Å². The third-order valence-corrected chi connectivity index (χ3v) is 2.68. The van der Waals surface area contributed by atoms with Crippen LogP contribution in [-0.2, 0) is 9.22 Å². The Morgan fingerprint density at radius 1 is 1.57 bits per heavy atom. The fourth-order valence-electron chi connectivity index (χ4n) is 0.884. The second kappa shape index (κ2) is 5.41. The van der Waals surface area contributed by atoms with Crippen molar-refractivity contribution in [2.45, 2.75) is 4.43 Å². The maximum atomic E-state index is 10.2. The first-order valence-corrected chi connectivity index (χ1v) is 5.73. The number of aliphatic carboxylic acids is 1. The summed E-state index contributed by atoms with van der Waals surface area (Å²) in [6, 6.07) is 5.31. The Kier molecular flexibility index (Phi) is 4.47. The molecule has 0 bridgehead atoms. The van der Waals surface area contributed by atoms with Crippen LogP contribution in [0.4, 0.5) is 0 Å². The van der Waals surface area contributed by atoms with Crippen LogP contribution in [0.3, 0.4) is 0 Å². The van der Waals surface area contributed by atoms with Gasteiger partial charge < -0.3 is 9.84 Å². The summed E-state index contributed by atoms with van der Waals surface area (Å²) in [5.41, 5.74) is 1.08. The zero-order valence-corrected chi connectivity index (χ0v) is 10.1. The van der Waals surface area contributed by atoms with E-state index >= 15 is 0 Å². The van der Waals surface area contributed by atoms with E-state index in [2.05, 4.69) is 22.6 Å². The van der Waals surface area contributed by atoms with Gasteiger partial charge in [-0.25, -0.2) is 4.79 Å². The molecule has 0 spiro atoms. The van der Waals surface area contributed by atoms with Gasteiger partial charge in [-0.1, -0.05) is 40.3 Å². The first kappa shape index (κ1) is 11.6. The van der Waals surface area contributed by atoms with Gasteiger partial charge in [0.2, 0.25) is 0 Å². The molecule has 0 fully saturated rings. The van der Waals surface area contributed by atoms with Crippen molar-refractivity contribution in [2.24, 2.45) is 0 Å². The van der Waals surface area contributed by atoms with Gasteiger partial charge in [-0.3, -0.25) is 0 Å². The first-order valence-electron chi connectivity index (χ1n) is 3.82. The number of alkyl halides is 1. The summed E-state index contributed by atoms with van der Waals surface area (Å²) in [6.45, 7) is -0.372. The van der Waals surface area contributed by atoms with E-state index in [0.717, 1.165) is 9.99 Å². The van der Waals surface area contributed by atoms with Crippen LogP contribution < -0.4 is 4.74 Å². The molecule has 1 N–H and O–H groups in total. The molecule has 14 heavy (non-hydrogen) atoms. The van der Waals surface area contributed by atoms with Crippen LogP contribution in [0.15, 0.2) is 18.2 Å². The molecule has 3 nitrogen and oxygen atoms in total. The standard InChI is InChI=1S/C9H8ClIO3/c10-7-3-6(4-11)1-2-8(7)14-5-9(12)13/h1-3H,4-5H2,(H,12,13). The topological polar surface area (TPSA) is 46.5 Å². The molecule has 1 aromatic carbocycles. The molecule has 5 heteroatoms. The summed E-state index contributed by atoms with van der Waals surface area (Å²) in [4.78, 5) is 10.2. The van der Waals surface area contributed by atoms with Crippen LogP contribution in [0.1, 0.15) is 5.56 Å². The number of carboxylic acids is 1. The predicted molar refractivity (Wildman–Crippen MR) is 62.3 cm³/mol. The zero-order chi connectivity index (χ0) is 10.6. The number of carboxylic acid groups (broad SMARTS) is 1. The molecule has 0 saturated carbocycles. The van der Waals surface area contributed by atoms with Crippen LogP contribution in [0, 0.1) is 0 Å². The lowest BCUT2D eigenvalue weighted by Crippen LogP contribution is -2.09. The number of hydrogen-bond acceptors (Lipinski definition) is 2. The van der Waals surface area contributed by atoms with Gasteiger partial charge in [0, 0.05) is 4.43 Å². The van der Waals surface area contributed by atoms with Crippen molar-refractivity contribution in [1.82, 2.24) is 0 Å². The highest BCUT2D eigenvalue weighted by Gasteiger charge is 2.04. The molecule has 0 saturated heterocycles. The summed E-state index contributed by atoms with van der Waals surface area (Å²) >= 11 is 8.09. The fraction of sp³-hybridized carbons (Fsp3) is 0.222. The molecule has 0 aliphatic heterocycles. The minimum absolute atomic E-state index is 0.372. The van der Waals surface area contributed by atoms with Gasteiger partial charge in [-0.15, -0.1) is 0 Å². The molecule has 0 atom stereocenters. The number of hydrogen-bond donors (Lipinski definition) is 1. The van der Waals surface area contributed by atoms with E-state index in [1.807, 2.05) is 6.07 Å². The van der Waals surface area contributed by atoms with E-state index in [1.165, 1.54) is 0 Å². The lowest BCUT2D eigenvalue weighted by atomic mass is 10.2. The average molecular weight is 327 g/mol. The maximum Gasteiger partial charge on any atom is 0.341 e. The SMILES string of the molecule is O=C(O)COc1ccc(CI)cc1Cl. The van der Waals surface area contributed by atoms with Crippen molar-refractivity contribution in [3.63, 3.8) is 0 Å². The van der Waals surface area contributed by atoms with Crippen molar-refractivity contribution >= 4 is 40.2 Å². The van der Waals surface area contributed by atoms with E-state index in [-0.39, 0.29) is 6.61 Å². The molecule has 0 unspecified atom stereocenters. The Morgan fingerprint density at radius 3 is 2.79 bits per heavy atom. The van der Waals surface area contributed by atoms with E-state index < -0.39 is 5.97 Å². The van der Waals surface area contributed by atoms with E-state index in [1.54, 1.807) is 12.1 Å². The van der Waals surface area contributed by atoms with Gasteiger partial charge in [0.1, 0.15) is 5.75 Å². The molecule has 0 radical (unpaired) electrons. The molecule has 0 aliphatic carbocycles. The van der Waals surface area contributed by atoms with Crippen LogP contribution in [0.5, 0.6) is 5.75 Å². The molecular weight excluding hydrogens is 318 g/mol. The Morgan fingerprint density at radius 2 is 2.29 bits per heavy atom. The van der Waals surface area contributed by atoms with Crippen molar-refractivity contribution < 1.29 is 14.6 Å². The Balaban J connectivity index is 2.73. The highest BCUT2D eigenvalue weighted by atomic mass is 127. The van der Waals surface area contributed by atoms with E-state index in [4.69, 9.17) is 21.4 Å². The summed E-state index contributed by atoms with van der Waals surface area (Å²) in [5.74, 6) is -0.610. The van der Waals surface area contributed by atoms with E-state index in [0.29, 0.717) is 10.8 Å². The Bertz CT molecular complexity index is 341. The molecule has 0 amide bonds. The van der Waals surface area contributed by atoms with Crippen LogP contribution in [-0.4, -0.2) is 17.7 Å².